The number of sulfone groups is 1. The van der Waals surface area contributed by atoms with Crippen LogP contribution in [0, 0.1) is 11.8 Å². The van der Waals surface area contributed by atoms with Gasteiger partial charge >= 0.3 is 0 Å². The molecule has 36 heavy (non-hydrogen) atoms. The fourth-order valence-corrected chi connectivity index (χ4v) is 8.19. The minimum atomic E-state index is -4.11. The summed E-state index contributed by atoms with van der Waals surface area (Å²) < 4.78 is 27.9. The second kappa shape index (κ2) is 9.32. The number of aromatic nitrogens is 2. The fraction of sp³-hybridized carbons (Fsp3) is 0.593. The zero-order valence-corrected chi connectivity index (χ0v) is 22.3. The van der Waals surface area contributed by atoms with Gasteiger partial charge in [-0.05, 0) is 76.0 Å². The van der Waals surface area contributed by atoms with Gasteiger partial charge in [-0.15, -0.1) is 0 Å². The first-order chi connectivity index (χ1) is 17.1. The molecule has 4 heterocycles. The lowest BCUT2D eigenvalue weighted by molar-refractivity contribution is 0.0997. The van der Waals surface area contributed by atoms with Crippen LogP contribution in [0.2, 0.25) is 0 Å². The Balaban J connectivity index is 1.56. The van der Waals surface area contributed by atoms with Gasteiger partial charge in [-0.25, -0.2) is 18.4 Å². The summed E-state index contributed by atoms with van der Waals surface area (Å²) in [6, 6.07) is 6.94. The Morgan fingerprint density at radius 1 is 1.11 bits per heavy atom. The zero-order valence-electron chi connectivity index (χ0n) is 21.5. The lowest BCUT2D eigenvalue weighted by Crippen LogP contribution is -2.47. The van der Waals surface area contributed by atoms with Crippen molar-refractivity contribution in [2.75, 3.05) is 22.9 Å². The van der Waals surface area contributed by atoms with Crippen molar-refractivity contribution in [3.63, 3.8) is 0 Å². The molecule has 3 atom stereocenters. The molecule has 0 radical (unpaired) electrons. The van der Waals surface area contributed by atoms with Crippen molar-refractivity contribution in [3.8, 4) is 0 Å². The smallest absolute Gasteiger partial charge is 0.253 e. The summed E-state index contributed by atoms with van der Waals surface area (Å²) in [5.74, 6) is 1.25. The molecule has 0 bridgehead atoms. The number of pyridine rings is 2. The number of hydrogen-bond acceptors (Lipinski definition) is 7. The van der Waals surface area contributed by atoms with Crippen LogP contribution in [-0.2, 0) is 9.84 Å². The number of primary amides is 1. The molecule has 2 saturated heterocycles. The van der Waals surface area contributed by atoms with Crippen LogP contribution < -0.4 is 15.5 Å². The largest absolute Gasteiger partial charge is 0.365 e. The maximum atomic E-state index is 13.9. The van der Waals surface area contributed by atoms with Crippen molar-refractivity contribution >= 4 is 27.4 Å². The van der Waals surface area contributed by atoms with Crippen LogP contribution in [0.25, 0.3) is 0 Å². The van der Waals surface area contributed by atoms with E-state index in [0.717, 1.165) is 25.8 Å². The third-order valence-corrected chi connectivity index (χ3v) is 9.98. The van der Waals surface area contributed by atoms with E-state index in [4.69, 9.17) is 5.73 Å². The van der Waals surface area contributed by atoms with Gasteiger partial charge in [-0.3, -0.25) is 4.79 Å². The van der Waals surface area contributed by atoms with E-state index in [9.17, 15) is 13.2 Å². The fourth-order valence-electron chi connectivity index (χ4n) is 6.79. The highest BCUT2D eigenvalue weighted by Crippen LogP contribution is 2.40. The van der Waals surface area contributed by atoms with Gasteiger partial charge in [0.2, 0.25) is 9.84 Å². The molecule has 1 amide bonds. The standard InChI is InChI=1S/C27H37N5O3S/c1-18-16-27(2,3)32(17-18)26-24(25(28)33)21(13-14-29-26)36(34,35)23-12-6-11-22(30-23)31-15-7-9-19-8-4-5-10-20(19)31/h6,11-14,18-20H,4-5,7-10,15-17H2,1-3H3,(H2,28,33). The minimum Gasteiger partial charge on any atom is -0.365 e. The molecule has 9 heteroatoms. The molecule has 3 fully saturated rings. The summed E-state index contributed by atoms with van der Waals surface area (Å²) in [5.41, 5.74) is 5.47. The summed E-state index contributed by atoms with van der Waals surface area (Å²) in [6.07, 6.45) is 9.49. The predicted molar refractivity (Wildman–Crippen MR) is 140 cm³/mol. The number of nitrogens with zero attached hydrogens (tertiary/aromatic N) is 4. The van der Waals surface area contributed by atoms with Crippen LogP contribution >= 0.6 is 0 Å². The van der Waals surface area contributed by atoms with Gasteiger partial charge in [0.1, 0.15) is 17.2 Å². The zero-order chi connectivity index (χ0) is 25.7. The number of carbonyl (C=O) groups excluding carboxylic acids is 1. The molecule has 1 aliphatic carbocycles. The summed E-state index contributed by atoms with van der Waals surface area (Å²) in [5, 5.41) is -0.0633. The molecule has 194 valence electrons. The van der Waals surface area contributed by atoms with Gasteiger partial charge < -0.3 is 15.5 Å². The summed E-state index contributed by atoms with van der Waals surface area (Å²) >= 11 is 0. The maximum absolute atomic E-state index is 13.9. The van der Waals surface area contributed by atoms with E-state index < -0.39 is 15.7 Å². The Bertz CT molecular complexity index is 1260. The number of piperidine rings is 1. The number of hydrogen-bond donors (Lipinski definition) is 1. The third kappa shape index (κ3) is 4.35. The lowest BCUT2D eigenvalue weighted by atomic mass is 9.78. The molecule has 2 N–H and O–H groups in total. The summed E-state index contributed by atoms with van der Waals surface area (Å²) in [6.45, 7) is 7.85. The van der Waals surface area contributed by atoms with Crippen LogP contribution in [0.5, 0.6) is 0 Å². The van der Waals surface area contributed by atoms with Crippen LogP contribution in [0.4, 0.5) is 11.6 Å². The molecule has 2 aromatic heterocycles. The molecule has 3 aliphatic rings. The van der Waals surface area contributed by atoms with Crippen LogP contribution in [0.1, 0.15) is 76.1 Å². The Kier molecular flexibility index (Phi) is 6.47. The van der Waals surface area contributed by atoms with Gasteiger partial charge in [0, 0.05) is 30.9 Å². The Hall–Kier alpha value is -2.68. The molecule has 2 aliphatic heterocycles. The lowest BCUT2D eigenvalue weighted by Gasteiger charge is -2.44. The third-order valence-electron chi connectivity index (χ3n) is 8.28. The van der Waals surface area contributed by atoms with E-state index in [0.29, 0.717) is 36.1 Å². The van der Waals surface area contributed by atoms with E-state index in [1.165, 1.54) is 44.0 Å². The van der Waals surface area contributed by atoms with Crippen molar-refractivity contribution in [1.82, 2.24) is 9.97 Å². The highest BCUT2D eigenvalue weighted by Gasteiger charge is 2.40. The number of anilines is 2. The van der Waals surface area contributed by atoms with Crippen molar-refractivity contribution in [2.24, 2.45) is 17.6 Å². The molecule has 3 unspecified atom stereocenters. The summed E-state index contributed by atoms with van der Waals surface area (Å²) in [7, 11) is -4.11. The van der Waals surface area contributed by atoms with Crippen LogP contribution in [0.3, 0.4) is 0 Å². The van der Waals surface area contributed by atoms with Gasteiger partial charge in [0.05, 0.1) is 4.90 Å². The van der Waals surface area contributed by atoms with Gasteiger partial charge in [0.15, 0.2) is 5.03 Å². The van der Waals surface area contributed by atoms with E-state index in [2.05, 4.69) is 35.6 Å². The van der Waals surface area contributed by atoms with E-state index >= 15 is 0 Å². The average Bonchev–Trinajstić information content (AvgIpc) is 3.14. The molecule has 1 saturated carbocycles. The number of fused-ring (bicyclic) bond motifs is 1. The van der Waals surface area contributed by atoms with Crippen LogP contribution in [-0.4, -0.2) is 49.0 Å². The molecule has 0 spiro atoms. The Morgan fingerprint density at radius 3 is 2.58 bits per heavy atom. The normalized spacial score (nSPS) is 26.0. The predicted octanol–water partition coefficient (Wildman–Crippen LogP) is 4.19. The van der Waals surface area contributed by atoms with E-state index in [1.807, 2.05) is 11.0 Å². The number of rotatable bonds is 5. The highest BCUT2D eigenvalue weighted by atomic mass is 32.2. The molecule has 0 aromatic carbocycles. The molecular formula is C27H37N5O3S. The summed E-state index contributed by atoms with van der Waals surface area (Å²) in [4.78, 5) is 26.0. The Labute approximate surface area is 214 Å². The van der Waals surface area contributed by atoms with E-state index in [1.54, 1.807) is 6.07 Å². The van der Waals surface area contributed by atoms with Gasteiger partial charge in [0.25, 0.3) is 5.91 Å². The molecular weight excluding hydrogens is 474 g/mol. The first kappa shape index (κ1) is 25.0. The number of nitrogens with two attached hydrogens (primary N) is 1. The monoisotopic (exact) mass is 511 g/mol. The average molecular weight is 512 g/mol. The van der Waals surface area contributed by atoms with Crippen molar-refractivity contribution in [3.05, 3.63) is 36.0 Å². The minimum absolute atomic E-state index is 0.0582. The molecule has 8 nitrogen and oxygen atoms in total. The first-order valence-electron chi connectivity index (χ1n) is 13.1. The number of carbonyl (C=O) groups is 1. The SMILES string of the molecule is CC1CN(c2nccc(S(=O)(=O)c3cccc(N4CCCC5CCCCC54)n3)c2C(N)=O)C(C)(C)C1. The van der Waals surface area contributed by atoms with Crippen molar-refractivity contribution in [1.29, 1.82) is 0 Å². The topological polar surface area (TPSA) is 109 Å². The van der Waals surface area contributed by atoms with Crippen molar-refractivity contribution < 1.29 is 13.2 Å². The quantitative estimate of drug-likeness (QED) is 0.641. The van der Waals surface area contributed by atoms with Crippen molar-refractivity contribution in [2.45, 2.75) is 87.2 Å². The first-order valence-corrected chi connectivity index (χ1v) is 14.6. The molecule has 2 aromatic rings. The van der Waals surface area contributed by atoms with E-state index in [-0.39, 0.29) is 21.0 Å². The maximum Gasteiger partial charge on any atom is 0.253 e. The number of amides is 1. The van der Waals surface area contributed by atoms with Gasteiger partial charge in [-0.2, -0.15) is 0 Å². The molecule has 5 rings (SSSR count). The van der Waals surface area contributed by atoms with Gasteiger partial charge in [-0.1, -0.05) is 25.8 Å². The second-order valence-corrected chi connectivity index (χ2v) is 13.3. The van der Waals surface area contributed by atoms with Crippen LogP contribution in [0.15, 0.2) is 40.4 Å². The Morgan fingerprint density at radius 2 is 1.86 bits per heavy atom. The second-order valence-electron chi connectivity index (χ2n) is 11.4. The highest BCUT2D eigenvalue weighted by molar-refractivity contribution is 7.91.